The molecule has 136 valence electrons. The molecule has 0 spiro atoms. The Hall–Kier alpha value is -2.15. The number of hydrogen-bond donors (Lipinski definition) is 0. The van der Waals surface area contributed by atoms with Gasteiger partial charge in [0.2, 0.25) is 0 Å². The van der Waals surface area contributed by atoms with Crippen molar-refractivity contribution in [3.05, 3.63) is 65.7 Å². The smallest absolute Gasteiger partial charge is 0.191 e. The maximum Gasteiger partial charge on any atom is 0.191 e. The summed E-state index contributed by atoms with van der Waals surface area (Å²) in [6, 6.07) is 18.6. The fraction of sp³-hybridized carbons (Fsp3) is 0.300. The van der Waals surface area contributed by atoms with Crippen molar-refractivity contribution in [3.63, 3.8) is 0 Å². The summed E-state index contributed by atoms with van der Waals surface area (Å²) in [7, 11) is 3.28. The first kappa shape index (κ1) is 18.6. The van der Waals surface area contributed by atoms with Crippen molar-refractivity contribution in [2.24, 2.45) is 0 Å². The van der Waals surface area contributed by atoms with Gasteiger partial charge in [-0.15, -0.1) is 10.2 Å². The van der Waals surface area contributed by atoms with E-state index in [2.05, 4.69) is 46.0 Å². The first-order valence-corrected chi connectivity index (χ1v) is 9.42. The second-order valence-electron chi connectivity index (χ2n) is 5.96. The molecule has 0 saturated carbocycles. The maximum atomic E-state index is 5.39. The highest BCUT2D eigenvalue weighted by Crippen LogP contribution is 2.27. The van der Waals surface area contributed by atoms with Crippen molar-refractivity contribution in [3.8, 4) is 11.4 Å². The molecule has 0 aliphatic carbocycles. The van der Waals surface area contributed by atoms with E-state index >= 15 is 0 Å². The van der Waals surface area contributed by atoms with E-state index in [1.54, 1.807) is 26.0 Å². The molecule has 0 bridgehead atoms. The van der Waals surface area contributed by atoms with Crippen molar-refractivity contribution in [1.82, 2.24) is 14.8 Å². The molecule has 5 nitrogen and oxygen atoms in total. The van der Waals surface area contributed by atoms with Gasteiger partial charge in [-0.25, -0.2) is 0 Å². The number of thioether (sulfide) groups is 1. The van der Waals surface area contributed by atoms with Crippen molar-refractivity contribution in [1.29, 1.82) is 0 Å². The van der Waals surface area contributed by atoms with Gasteiger partial charge in [0.1, 0.15) is 0 Å². The van der Waals surface area contributed by atoms with Gasteiger partial charge in [0.05, 0.1) is 6.54 Å². The zero-order chi connectivity index (χ0) is 18.4. The Bertz CT molecular complexity index is 815. The third kappa shape index (κ3) is 4.52. The Balaban J connectivity index is 1.86. The summed E-state index contributed by atoms with van der Waals surface area (Å²) in [5.74, 6) is 1.65. The second kappa shape index (κ2) is 8.98. The van der Waals surface area contributed by atoms with Crippen molar-refractivity contribution in [2.45, 2.75) is 30.7 Å². The number of benzene rings is 2. The highest BCUT2D eigenvalue weighted by atomic mass is 32.2. The molecular weight excluding hydrogens is 346 g/mol. The van der Waals surface area contributed by atoms with Crippen LogP contribution < -0.4 is 0 Å². The molecule has 0 saturated heterocycles. The van der Waals surface area contributed by atoms with Crippen LogP contribution in [0, 0.1) is 6.92 Å². The molecule has 0 unspecified atom stereocenters. The summed E-state index contributed by atoms with van der Waals surface area (Å²) in [5.41, 5.74) is 3.54. The summed E-state index contributed by atoms with van der Waals surface area (Å²) in [6.07, 6.45) is -0.354. The molecule has 1 aromatic heterocycles. The molecule has 26 heavy (non-hydrogen) atoms. The zero-order valence-electron chi connectivity index (χ0n) is 15.3. The first-order chi connectivity index (χ1) is 12.7. The normalized spacial score (nSPS) is 11.2. The maximum absolute atomic E-state index is 5.39. The summed E-state index contributed by atoms with van der Waals surface area (Å²) < 4.78 is 12.8. The van der Waals surface area contributed by atoms with Gasteiger partial charge < -0.3 is 9.47 Å². The topological polar surface area (TPSA) is 49.2 Å². The van der Waals surface area contributed by atoms with E-state index in [1.165, 1.54) is 11.1 Å². The van der Waals surface area contributed by atoms with Crippen LogP contribution in [-0.2, 0) is 21.8 Å². The van der Waals surface area contributed by atoms with Gasteiger partial charge in [-0.05, 0) is 12.5 Å². The van der Waals surface area contributed by atoms with Crippen LogP contribution in [0.4, 0.5) is 0 Å². The predicted molar refractivity (Wildman–Crippen MR) is 104 cm³/mol. The third-order valence-corrected chi connectivity index (χ3v) is 5.13. The van der Waals surface area contributed by atoms with Crippen molar-refractivity contribution in [2.75, 3.05) is 14.2 Å². The molecule has 0 aliphatic heterocycles. The van der Waals surface area contributed by atoms with E-state index in [9.17, 15) is 0 Å². The lowest BCUT2D eigenvalue weighted by molar-refractivity contribution is -0.111. The van der Waals surface area contributed by atoms with Crippen LogP contribution in [0.5, 0.6) is 0 Å². The monoisotopic (exact) mass is 369 g/mol. The lowest BCUT2D eigenvalue weighted by atomic mass is 10.2. The van der Waals surface area contributed by atoms with Gasteiger partial charge >= 0.3 is 0 Å². The number of aryl methyl sites for hydroxylation is 1. The molecule has 0 aliphatic rings. The number of nitrogens with zero attached hydrogens (tertiary/aromatic N) is 3. The fourth-order valence-corrected chi connectivity index (χ4v) is 3.49. The van der Waals surface area contributed by atoms with Crippen LogP contribution in [0.3, 0.4) is 0 Å². The summed E-state index contributed by atoms with van der Waals surface area (Å²) in [4.78, 5) is 0. The molecule has 0 amide bonds. The standard InChI is InChI=1S/C20H23N3O2S/c1-15-9-11-16(12-10-15)14-26-20-22-21-19(17-7-5-4-6-8-17)23(20)13-18(24-2)25-3/h4-12,18H,13-14H2,1-3H3. The van der Waals surface area contributed by atoms with Crippen LogP contribution >= 0.6 is 11.8 Å². The van der Waals surface area contributed by atoms with Crippen LogP contribution in [-0.4, -0.2) is 35.3 Å². The van der Waals surface area contributed by atoms with Crippen LogP contribution in [0.1, 0.15) is 11.1 Å². The Morgan fingerprint density at radius 2 is 1.65 bits per heavy atom. The number of hydrogen-bond acceptors (Lipinski definition) is 5. The third-order valence-electron chi connectivity index (χ3n) is 4.09. The molecule has 0 fully saturated rings. The van der Waals surface area contributed by atoms with Gasteiger partial charge in [0.25, 0.3) is 0 Å². The molecule has 2 aromatic carbocycles. The Morgan fingerprint density at radius 3 is 2.31 bits per heavy atom. The van der Waals surface area contributed by atoms with E-state index in [0.29, 0.717) is 6.54 Å². The van der Waals surface area contributed by atoms with E-state index in [1.807, 2.05) is 30.3 Å². The molecule has 3 rings (SSSR count). The molecule has 1 heterocycles. The van der Waals surface area contributed by atoms with E-state index in [4.69, 9.17) is 9.47 Å². The van der Waals surface area contributed by atoms with Gasteiger partial charge in [-0.1, -0.05) is 71.9 Å². The minimum Gasteiger partial charge on any atom is -0.354 e. The van der Waals surface area contributed by atoms with Crippen LogP contribution in [0.15, 0.2) is 59.8 Å². The minimum atomic E-state index is -0.354. The Morgan fingerprint density at radius 1 is 0.962 bits per heavy atom. The second-order valence-corrected chi connectivity index (χ2v) is 6.90. The van der Waals surface area contributed by atoms with Crippen molar-refractivity contribution >= 4 is 11.8 Å². The van der Waals surface area contributed by atoms with Gasteiger partial charge in [0.15, 0.2) is 17.3 Å². The molecule has 0 atom stereocenters. The fourth-order valence-electron chi connectivity index (χ4n) is 2.59. The number of aromatic nitrogens is 3. The lowest BCUT2D eigenvalue weighted by Crippen LogP contribution is -2.21. The number of methoxy groups -OCH3 is 2. The minimum absolute atomic E-state index is 0.354. The summed E-state index contributed by atoms with van der Waals surface area (Å²) in [6.45, 7) is 2.62. The quantitative estimate of drug-likeness (QED) is 0.441. The van der Waals surface area contributed by atoms with E-state index in [-0.39, 0.29) is 6.29 Å². The lowest BCUT2D eigenvalue weighted by Gasteiger charge is -2.17. The summed E-state index contributed by atoms with van der Waals surface area (Å²) >= 11 is 1.66. The number of rotatable bonds is 8. The molecular formula is C20H23N3O2S. The largest absolute Gasteiger partial charge is 0.354 e. The highest BCUT2D eigenvalue weighted by Gasteiger charge is 2.18. The Kier molecular flexibility index (Phi) is 6.44. The summed E-state index contributed by atoms with van der Waals surface area (Å²) in [5, 5.41) is 9.68. The molecule has 3 aromatic rings. The van der Waals surface area contributed by atoms with E-state index < -0.39 is 0 Å². The number of ether oxygens (including phenoxy) is 2. The van der Waals surface area contributed by atoms with Gasteiger partial charge in [-0.3, -0.25) is 4.57 Å². The van der Waals surface area contributed by atoms with E-state index in [0.717, 1.165) is 22.3 Å². The molecule has 0 N–H and O–H groups in total. The van der Waals surface area contributed by atoms with Gasteiger partial charge in [0, 0.05) is 25.5 Å². The average molecular weight is 369 g/mol. The average Bonchev–Trinajstić information content (AvgIpc) is 3.08. The first-order valence-electron chi connectivity index (χ1n) is 8.44. The van der Waals surface area contributed by atoms with Crippen molar-refractivity contribution < 1.29 is 9.47 Å². The molecule has 6 heteroatoms. The highest BCUT2D eigenvalue weighted by molar-refractivity contribution is 7.98. The zero-order valence-corrected chi connectivity index (χ0v) is 16.1. The SMILES string of the molecule is COC(Cn1c(SCc2ccc(C)cc2)nnc1-c1ccccc1)OC. The van der Waals surface area contributed by atoms with Crippen LogP contribution in [0.25, 0.3) is 11.4 Å². The van der Waals surface area contributed by atoms with Crippen LogP contribution in [0.2, 0.25) is 0 Å². The van der Waals surface area contributed by atoms with Gasteiger partial charge in [-0.2, -0.15) is 0 Å². The molecule has 0 radical (unpaired) electrons. The predicted octanol–water partition coefficient (Wildman–Crippen LogP) is 4.16. The Labute approximate surface area is 158 Å².